The summed E-state index contributed by atoms with van der Waals surface area (Å²) in [5, 5.41) is 11.3. The van der Waals surface area contributed by atoms with E-state index in [0.717, 1.165) is 42.5 Å². The van der Waals surface area contributed by atoms with Crippen molar-refractivity contribution < 1.29 is 5.11 Å². The lowest BCUT2D eigenvalue weighted by molar-refractivity contribution is 0.181. The van der Waals surface area contributed by atoms with E-state index in [0.29, 0.717) is 6.54 Å². The fourth-order valence-electron chi connectivity index (χ4n) is 2.77. The Hall–Kier alpha value is -1.55. The minimum atomic E-state index is -0.515. The normalized spacial score (nSPS) is 12.4. The van der Waals surface area contributed by atoms with E-state index in [1.54, 1.807) is 0 Å². The molecule has 130 valence electrons. The second-order valence-corrected chi connectivity index (χ2v) is 6.31. The molecule has 0 heterocycles. The van der Waals surface area contributed by atoms with Crippen molar-refractivity contribution in [2.24, 2.45) is 0 Å². The Labute approximate surface area is 150 Å². The van der Waals surface area contributed by atoms with Gasteiger partial charge in [0.25, 0.3) is 0 Å². The Balaban J connectivity index is 2.11. The molecule has 0 aliphatic heterocycles. The third kappa shape index (κ3) is 5.52. The summed E-state index contributed by atoms with van der Waals surface area (Å²) in [5.41, 5.74) is 2.03. The van der Waals surface area contributed by atoms with Crippen LogP contribution < -0.4 is 4.90 Å². The van der Waals surface area contributed by atoms with E-state index in [1.165, 1.54) is 0 Å². The van der Waals surface area contributed by atoms with Crippen LogP contribution in [0.3, 0.4) is 0 Å². The van der Waals surface area contributed by atoms with E-state index in [9.17, 15) is 5.11 Å². The summed E-state index contributed by atoms with van der Waals surface area (Å²) in [6.07, 6.45) is -0.515. The molecular weight excluding hydrogens is 320 g/mol. The average molecular weight is 347 g/mol. The van der Waals surface area contributed by atoms with Gasteiger partial charge in [-0.2, -0.15) is 0 Å². The molecule has 1 N–H and O–H groups in total. The molecule has 0 spiro atoms. The summed E-state index contributed by atoms with van der Waals surface area (Å²) in [4.78, 5) is 4.62. The number of rotatable bonds is 9. The summed E-state index contributed by atoms with van der Waals surface area (Å²) in [5.74, 6) is 0. The number of benzene rings is 2. The van der Waals surface area contributed by atoms with Crippen LogP contribution in [0.2, 0.25) is 5.02 Å². The molecule has 0 saturated carbocycles. The lowest BCUT2D eigenvalue weighted by Gasteiger charge is -2.30. The van der Waals surface area contributed by atoms with Crippen molar-refractivity contribution in [2.75, 3.05) is 37.6 Å². The second kappa shape index (κ2) is 9.67. The van der Waals surface area contributed by atoms with Crippen LogP contribution in [-0.4, -0.2) is 42.7 Å². The van der Waals surface area contributed by atoms with Gasteiger partial charge in [0.2, 0.25) is 0 Å². The van der Waals surface area contributed by atoms with Gasteiger partial charge >= 0.3 is 0 Å². The quantitative estimate of drug-likeness (QED) is 0.736. The SMILES string of the molecule is CCN(CC)CCN(CC(O)c1ccccc1)c1ccc(Cl)cc1. The van der Waals surface area contributed by atoms with Crippen molar-refractivity contribution in [3.8, 4) is 0 Å². The lowest BCUT2D eigenvalue weighted by atomic mass is 10.1. The van der Waals surface area contributed by atoms with Gasteiger partial charge in [-0.25, -0.2) is 0 Å². The zero-order chi connectivity index (χ0) is 17.4. The first-order valence-corrected chi connectivity index (χ1v) is 8.97. The van der Waals surface area contributed by atoms with Crippen molar-refractivity contribution in [3.05, 3.63) is 65.2 Å². The monoisotopic (exact) mass is 346 g/mol. The smallest absolute Gasteiger partial charge is 0.0964 e. The molecule has 2 rings (SSSR count). The van der Waals surface area contributed by atoms with Gasteiger partial charge in [0.1, 0.15) is 0 Å². The van der Waals surface area contributed by atoms with Gasteiger partial charge < -0.3 is 14.9 Å². The molecular formula is C20H27ClN2O. The lowest BCUT2D eigenvalue weighted by Crippen LogP contribution is -2.37. The number of likely N-dealkylation sites (N-methyl/N-ethyl adjacent to an activating group) is 1. The van der Waals surface area contributed by atoms with Crippen LogP contribution in [0.4, 0.5) is 5.69 Å². The molecule has 0 bridgehead atoms. The molecule has 0 amide bonds. The Bertz CT molecular complexity index is 584. The summed E-state index contributed by atoms with van der Waals surface area (Å²) < 4.78 is 0. The summed E-state index contributed by atoms with van der Waals surface area (Å²) in [6.45, 7) is 8.82. The molecule has 0 saturated heterocycles. The van der Waals surface area contributed by atoms with Crippen molar-refractivity contribution in [2.45, 2.75) is 20.0 Å². The highest BCUT2D eigenvalue weighted by Crippen LogP contribution is 2.21. The van der Waals surface area contributed by atoms with Crippen LogP contribution in [-0.2, 0) is 0 Å². The van der Waals surface area contributed by atoms with Crippen LogP contribution in [0, 0.1) is 0 Å². The molecule has 0 aliphatic carbocycles. The van der Waals surface area contributed by atoms with Gasteiger partial charge in [0.15, 0.2) is 0 Å². The largest absolute Gasteiger partial charge is 0.387 e. The molecule has 1 atom stereocenters. The maximum Gasteiger partial charge on any atom is 0.0964 e. The molecule has 0 aromatic heterocycles. The first-order chi connectivity index (χ1) is 11.6. The minimum Gasteiger partial charge on any atom is -0.387 e. The van der Waals surface area contributed by atoms with Crippen molar-refractivity contribution >= 4 is 17.3 Å². The van der Waals surface area contributed by atoms with Crippen LogP contribution in [0.15, 0.2) is 54.6 Å². The molecule has 0 aliphatic rings. The van der Waals surface area contributed by atoms with Crippen LogP contribution in [0.1, 0.15) is 25.5 Å². The number of halogens is 1. The third-order valence-corrected chi connectivity index (χ3v) is 4.60. The summed E-state index contributed by atoms with van der Waals surface area (Å²) >= 11 is 6.01. The van der Waals surface area contributed by atoms with Crippen molar-refractivity contribution in [3.63, 3.8) is 0 Å². The average Bonchev–Trinajstić information content (AvgIpc) is 2.63. The molecule has 4 heteroatoms. The van der Waals surface area contributed by atoms with E-state index in [-0.39, 0.29) is 0 Å². The Kier molecular flexibility index (Phi) is 7.57. The number of aliphatic hydroxyl groups excluding tert-OH is 1. The fourth-order valence-corrected chi connectivity index (χ4v) is 2.90. The van der Waals surface area contributed by atoms with E-state index in [4.69, 9.17) is 11.6 Å². The molecule has 24 heavy (non-hydrogen) atoms. The van der Waals surface area contributed by atoms with E-state index in [2.05, 4.69) is 23.6 Å². The fraction of sp³-hybridized carbons (Fsp3) is 0.400. The Morgan fingerprint density at radius 2 is 1.54 bits per heavy atom. The molecule has 2 aromatic rings. The van der Waals surface area contributed by atoms with Gasteiger partial charge in [0, 0.05) is 30.3 Å². The summed E-state index contributed by atoms with van der Waals surface area (Å²) in [6, 6.07) is 17.6. The predicted octanol–water partition coefficient (Wildman–Crippen LogP) is 4.22. The Morgan fingerprint density at radius 3 is 2.12 bits per heavy atom. The van der Waals surface area contributed by atoms with E-state index < -0.39 is 6.10 Å². The number of anilines is 1. The zero-order valence-electron chi connectivity index (χ0n) is 14.5. The summed E-state index contributed by atoms with van der Waals surface area (Å²) in [7, 11) is 0. The van der Waals surface area contributed by atoms with Gasteiger partial charge in [-0.05, 0) is 42.9 Å². The number of hydrogen-bond donors (Lipinski definition) is 1. The standard InChI is InChI=1S/C20H27ClN2O/c1-3-22(4-2)14-15-23(19-12-10-18(21)11-13-19)16-20(24)17-8-6-5-7-9-17/h5-13,20,24H,3-4,14-16H2,1-2H3. The number of nitrogens with zero attached hydrogens (tertiary/aromatic N) is 2. The molecule has 0 fully saturated rings. The first-order valence-electron chi connectivity index (χ1n) is 8.60. The van der Waals surface area contributed by atoms with Gasteiger partial charge in [-0.1, -0.05) is 55.8 Å². The van der Waals surface area contributed by atoms with E-state index in [1.807, 2.05) is 54.6 Å². The predicted molar refractivity (Wildman–Crippen MR) is 103 cm³/mol. The number of aliphatic hydroxyl groups is 1. The minimum absolute atomic E-state index is 0.515. The molecule has 2 aromatic carbocycles. The van der Waals surface area contributed by atoms with Gasteiger partial charge in [0.05, 0.1) is 6.10 Å². The maximum absolute atomic E-state index is 10.6. The maximum atomic E-state index is 10.6. The van der Waals surface area contributed by atoms with Gasteiger partial charge in [-0.15, -0.1) is 0 Å². The Morgan fingerprint density at radius 1 is 0.917 bits per heavy atom. The highest BCUT2D eigenvalue weighted by molar-refractivity contribution is 6.30. The topological polar surface area (TPSA) is 26.7 Å². The van der Waals surface area contributed by atoms with Crippen molar-refractivity contribution in [1.82, 2.24) is 4.90 Å². The molecule has 1 unspecified atom stereocenters. The van der Waals surface area contributed by atoms with Crippen LogP contribution in [0.5, 0.6) is 0 Å². The molecule has 3 nitrogen and oxygen atoms in total. The first kappa shape index (κ1) is 18.8. The highest BCUT2D eigenvalue weighted by atomic mass is 35.5. The van der Waals surface area contributed by atoms with Crippen LogP contribution >= 0.6 is 11.6 Å². The second-order valence-electron chi connectivity index (χ2n) is 5.88. The zero-order valence-corrected chi connectivity index (χ0v) is 15.3. The van der Waals surface area contributed by atoms with Gasteiger partial charge in [-0.3, -0.25) is 0 Å². The van der Waals surface area contributed by atoms with E-state index >= 15 is 0 Å². The molecule has 0 radical (unpaired) electrons. The van der Waals surface area contributed by atoms with Crippen LogP contribution in [0.25, 0.3) is 0 Å². The highest BCUT2D eigenvalue weighted by Gasteiger charge is 2.15. The number of hydrogen-bond acceptors (Lipinski definition) is 3. The third-order valence-electron chi connectivity index (χ3n) is 4.35. The van der Waals surface area contributed by atoms with Crippen molar-refractivity contribution in [1.29, 1.82) is 0 Å².